The van der Waals surface area contributed by atoms with Crippen molar-refractivity contribution in [3.05, 3.63) is 57.5 Å². The lowest BCUT2D eigenvalue weighted by Crippen LogP contribution is -2.27. The van der Waals surface area contributed by atoms with E-state index in [1.54, 1.807) is 0 Å². The van der Waals surface area contributed by atoms with E-state index in [1.807, 2.05) is 18.2 Å². The Balaban J connectivity index is 1.29. The molecule has 1 amide bonds. The van der Waals surface area contributed by atoms with Crippen LogP contribution in [0.1, 0.15) is 84.6 Å². The van der Waals surface area contributed by atoms with Gasteiger partial charge in [-0.3, -0.25) is 9.47 Å². The molecule has 2 aliphatic carbocycles. The lowest BCUT2D eigenvalue weighted by Gasteiger charge is -2.28. The molecule has 0 radical (unpaired) electrons. The second kappa shape index (κ2) is 8.17. The topological polar surface area (TPSA) is 97.3 Å². The average molecular weight is 468 g/mol. The summed E-state index contributed by atoms with van der Waals surface area (Å²) in [5.74, 6) is 3.36. The quantitative estimate of drug-likeness (QED) is 0.554. The predicted molar refractivity (Wildman–Crippen MR) is 121 cm³/mol. The van der Waals surface area contributed by atoms with E-state index in [0.717, 1.165) is 61.4 Å². The number of aromatic nitrogens is 4. The number of halogens is 1. The Morgan fingerprint density at radius 3 is 2.67 bits per heavy atom. The maximum Gasteiger partial charge on any atom is 0.408 e. The van der Waals surface area contributed by atoms with Gasteiger partial charge in [0.25, 0.3) is 0 Å². The number of carbonyl (C=O) groups is 1. The van der Waals surface area contributed by atoms with Gasteiger partial charge in [-0.05, 0) is 75.1 Å². The highest BCUT2D eigenvalue weighted by molar-refractivity contribution is 6.30. The second-order valence-electron chi connectivity index (χ2n) is 9.45. The van der Waals surface area contributed by atoms with Crippen molar-refractivity contribution < 1.29 is 14.4 Å². The Hall–Kier alpha value is -2.87. The molecular formula is C24H26ClN5O3. The van der Waals surface area contributed by atoms with Gasteiger partial charge < -0.3 is 9.63 Å². The van der Waals surface area contributed by atoms with Crippen molar-refractivity contribution >= 4 is 17.7 Å². The lowest BCUT2D eigenvalue weighted by molar-refractivity contribution is 0.139. The number of hydrogen-bond donors (Lipinski definition) is 1. The number of carboxylic acid groups (broad SMARTS) is 1. The van der Waals surface area contributed by atoms with Crippen molar-refractivity contribution in [2.24, 2.45) is 0 Å². The van der Waals surface area contributed by atoms with Crippen LogP contribution in [-0.2, 0) is 25.9 Å². The molecule has 1 saturated carbocycles. The zero-order valence-corrected chi connectivity index (χ0v) is 19.1. The van der Waals surface area contributed by atoms with Gasteiger partial charge in [0.2, 0.25) is 0 Å². The fourth-order valence-electron chi connectivity index (χ4n) is 5.78. The maximum absolute atomic E-state index is 11.8. The van der Waals surface area contributed by atoms with Crippen LogP contribution in [-0.4, -0.2) is 36.0 Å². The molecule has 1 fully saturated rings. The van der Waals surface area contributed by atoms with E-state index in [2.05, 4.69) is 19.9 Å². The Labute approximate surface area is 196 Å². The summed E-state index contributed by atoms with van der Waals surface area (Å²) in [6.07, 6.45) is 7.62. The smallest absolute Gasteiger partial charge is 0.408 e. The molecule has 0 spiro atoms. The largest absolute Gasteiger partial charge is 0.465 e. The van der Waals surface area contributed by atoms with Crippen LogP contribution in [0.15, 0.2) is 22.7 Å². The van der Waals surface area contributed by atoms with Crippen molar-refractivity contribution in [2.75, 3.05) is 0 Å². The maximum atomic E-state index is 11.8. The molecule has 0 saturated heterocycles. The highest BCUT2D eigenvalue weighted by Crippen LogP contribution is 2.43. The van der Waals surface area contributed by atoms with Gasteiger partial charge in [-0.1, -0.05) is 16.8 Å². The third-order valence-corrected chi connectivity index (χ3v) is 7.69. The van der Waals surface area contributed by atoms with Gasteiger partial charge in [0.1, 0.15) is 11.6 Å². The number of fused-ring (bicyclic) bond motifs is 4. The molecular weight excluding hydrogens is 442 g/mol. The van der Waals surface area contributed by atoms with Gasteiger partial charge in [-0.15, -0.1) is 10.2 Å². The zero-order valence-electron chi connectivity index (χ0n) is 18.3. The van der Waals surface area contributed by atoms with Gasteiger partial charge in [0.15, 0.2) is 5.82 Å². The fraction of sp³-hybridized carbons (Fsp3) is 0.500. The summed E-state index contributed by atoms with van der Waals surface area (Å²) < 4.78 is 7.89. The van der Waals surface area contributed by atoms with E-state index in [0.29, 0.717) is 16.8 Å². The van der Waals surface area contributed by atoms with Crippen LogP contribution >= 0.6 is 11.6 Å². The molecule has 172 valence electrons. The van der Waals surface area contributed by atoms with Gasteiger partial charge >= 0.3 is 6.09 Å². The molecule has 33 heavy (non-hydrogen) atoms. The molecule has 0 unspecified atom stereocenters. The monoisotopic (exact) mass is 467 g/mol. The van der Waals surface area contributed by atoms with Gasteiger partial charge in [-0.25, -0.2) is 4.79 Å². The minimum absolute atomic E-state index is 0.203. The molecule has 3 aliphatic rings. The van der Waals surface area contributed by atoms with Crippen LogP contribution in [0.5, 0.6) is 0 Å². The third-order valence-electron chi connectivity index (χ3n) is 7.45. The van der Waals surface area contributed by atoms with E-state index in [1.165, 1.54) is 29.0 Å². The first-order valence-electron chi connectivity index (χ1n) is 11.8. The van der Waals surface area contributed by atoms with Crippen LogP contribution in [0.25, 0.3) is 5.69 Å². The molecule has 3 aromatic rings. The number of aryl methyl sites for hydroxylation is 1. The predicted octanol–water partition coefficient (Wildman–Crippen LogP) is 5.22. The molecule has 9 heteroatoms. The fourth-order valence-corrected chi connectivity index (χ4v) is 5.97. The first-order chi connectivity index (χ1) is 16.1. The van der Waals surface area contributed by atoms with Crippen molar-refractivity contribution in [1.29, 1.82) is 0 Å². The molecule has 6 rings (SSSR count). The first kappa shape index (κ1) is 20.7. The normalized spacial score (nSPS) is 22.3. The van der Waals surface area contributed by atoms with Gasteiger partial charge in [0, 0.05) is 22.4 Å². The molecule has 0 atom stereocenters. The van der Waals surface area contributed by atoms with E-state index < -0.39 is 6.09 Å². The summed E-state index contributed by atoms with van der Waals surface area (Å²) in [6.45, 7) is 0.478. The van der Waals surface area contributed by atoms with E-state index in [-0.39, 0.29) is 19.0 Å². The first-order valence-corrected chi connectivity index (χ1v) is 12.1. The Morgan fingerprint density at radius 2 is 1.85 bits per heavy atom. The minimum atomic E-state index is -0.977. The summed E-state index contributed by atoms with van der Waals surface area (Å²) >= 11 is 6.24. The molecule has 0 bridgehead atoms. The van der Waals surface area contributed by atoms with Gasteiger partial charge in [0.05, 0.1) is 24.5 Å². The van der Waals surface area contributed by atoms with Crippen LogP contribution in [0.4, 0.5) is 4.79 Å². The second-order valence-corrected chi connectivity index (χ2v) is 9.89. The Kier molecular flexibility index (Phi) is 5.13. The Morgan fingerprint density at radius 1 is 1.06 bits per heavy atom. The van der Waals surface area contributed by atoms with Crippen LogP contribution in [0, 0.1) is 0 Å². The van der Waals surface area contributed by atoms with E-state index >= 15 is 0 Å². The van der Waals surface area contributed by atoms with Crippen molar-refractivity contribution in [2.45, 2.75) is 76.3 Å². The number of nitrogens with zero attached hydrogens (tertiary/aromatic N) is 5. The molecule has 1 N–H and O–H groups in total. The lowest BCUT2D eigenvalue weighted by atomic mass is 9.78. The molecule has 1 aromatic carbocycles. The number of amides is 1. The van der Waals surface area contributed by atoms with E-state index in [9.17, 15) is 9.90 Å². The van der Waals surface area contributed by atoms with Crippen LogP contribution in [0.2, 0.25) is 5.02 Å². The molecule has 3 heterocycles. The summed E-state index contributed by atoms with van der Waals surface area (Å²) in [6, 6.07) is 5.63. The highest BCUT2D eigenvalue weighted by Gasteiger charge is 2.34. The number of benzene rings is 1. The average Bonchev–Trinajstić information content (AvgIpc) is 3.39. The summed E-state index contributed by atoms with van der Waals surface area (Å²) in [5, 5.41) is 23.6. The standard InChI is InChI=1S/C24H26ClN5O3/c25-17-9-10-20-16(11-17)12-29(24(31)32)13-21-26-27-23(30(20)21)15-7-5-14(6-8-15)22-18-3-1-2-4-19(18)28-33-22/h9-11,14-15H,1-8,12-13H2,(H,31,32). The van der Waals surface area contributed by atoms with Gasteiger partial charge in [-0.2, -0.15) is 0 Å². The molecule has 2 aromatic heterocycles. The highest BCUT2D eigenvalue weighted by atomic mass is 35.5. The summed E-state index contributed by atoms with van der Waals surface area (Å²) in [7, 11) is 0. The number of hydrogen-bond acceptors (Lipinski definition) is 5. The van der Waals surface area contributed by atoms with Crippen molar-refractivity contribution in [3.63, 3.8) is 0 Å². The number of rotatable bonds is 2. The third kappa shape index (κ3) is 3.60. The van der Waals surface area contributed by atoms with E-state index in [4.69, 9.17) is 16.1 Å². The van der Waals surface area contributed by atoms with Crippen molar-refractivity contribution in [3.8, 4) is 5.69 Å². The summed E-state index contributed by atoms with van der Waals surface area (Å²) in [4.78, 5) is 13.1. The Bertz CT molecular complexity index is 1210. The van der Waals surface area contributed by atoms with Crippen LogP contribution < -0.4 is 0 Å². The SMILES string of the molecule is O=C(O)N1Cc2cc(Cl)ccc2-n2c(nnc2C2CCC(c3onc4c3CCCC4)CC2)C1. The molecule has 1 aliphatic heterocycles. The van der Waals surface area contributed by atoms with Crippen molar-refractivity contribution in [1.82, 2.24) is 24.8 Å². The zero-order chi connectivity index (χ0) is 22.5. The summed E-state index contributed by atoms with van der Waals surface area (Å²) in [5.41, 5.74) is 4.32. The minimum Gasteiger partial charge on any atom is -0.465 e. The van der Waals surface area contributed by atoms with Crippen LogP contribution in [0.3, 0.4) is 0 Å². The molecule has 8 nitrogen and oxygen atoms in total.